The molecule has 1 saturated heterocycles. The van der Waals surface area contributed by atoms with Crippen LogP contribution in [0, 0.1) is 0 Å². The van der Waals surface area contributed by atoms with Crippen LogP contribution < -0.4 is 5.32 Å². The molecule has 3 rings (SSSR count). The second-order valence-electron chi connectivity index (χ2n) is 5.26. The van der Waals surface area contributed by atoms with E-state index in [1.165, 1.54) is 0 Å². The maximum absolute atomic E-state index is 12.0. The minimum absolute atomic E-state index is 0.0798. The van der Waals surface area contributed by atoms with Crippen molar-refractivity contribution in [3.8, 4) is 0 Å². The normalized spacial score (nSPS) is 17.5. The van der Waals surface area contributed by atoms with E-state index in [4.69, 9.17) is 13.7 Å². The molecule has 1 amide bonds. The summed E-state index contributed by atoms with van der Waals surface area (Å²) in [6, 6.07) is 3.50. The quantitative estimate of drug-likeness (QED) is 0.829. The van der Waals surface area contributed by atoms with Crippen LogP contribution in [0.15, 0.2) is 21.1 Å². The number of hydrogen-bond acceptors (Lipinski definition) is 7. The Hall–Kier alpha value is -1.80. The van der Waals surface area contributed by atoms with Gasteiger partial charge in [0.1, 0.15) is 11.9 Å². The van der Waals surface area contributed by atoms with Crippen molar-refractivity contribution in [1.29, 1.82) is 0 Å². The first-order chi connectivity index (χ1) is 11.3. The van der Waals surface area contributed by atoms with E-state index in [0.29, 0.717) is 30.4 Å². The maximum atomic E-state index is 12.0. The van der Waals surface area contributed by atoms with Crippen molar-refractivity contribution in [2.24, 2.45) is 0 Å². The van der Waals surface area contributed by atoms with Gasteiger partial charge in [0.05, 0.1) is 5.75 Å². The van der Waals surface area contributed by atoms with Crippen molar-refractivity contribution in [1.82, 2.24) is 15.5 Å². The van der Waals surface area contributed by atoms with Crippen molar-refractivity contribution in [3.05, 3.63) is 35.4 Å². The number of carbonyl (C=O) groups excluding carboxylic acids is 1. The highest BCUT2D eigenvalue weighted by Crippen LogP contribution is 2.26. The molecule has 0 unspecified atom stereocenters. The molecule has 7 nitrogen and oxygen atoms in total. The minimum atomic E-state index is -0.236. The average molecular weight is 337 g/mol. The minimum Gasteiger partial charge on any atom is -0.455 e. The Kier molecular flexibility index (Phi) is 5.35. The molecule has 3 heterocycles. The first-order valence-corrected chi connectivity index (χ1v) is 8.95. The van der Waals surface area contributed by atoms with E-state index >= 15 is 0 Å². The van der Waals surface area contributed by atoms with E-state index < -0.39 is 0 Å². The van der Waals surface area contributed by atoms with Gasteiger partial charge in [-0.05, 0) is 31.2 Å². The van der Waals surface area contributed by atoms with Gasteiger partial charge in [-0.15, -0.1) is 0 Å². The number of furan rings is 1. The van der Waals surface area contributed by atoms with Gasteiger partial charge in [0.2, 0.25) is 0 Å². The molecule has 23 heavy (non-hydrogen) atoms. The summed E-state index contributed by atoms with van der Waals surface area (Å²) in [5.41, 5.74) is 0. The zero-order valence-electron chi connectivity index (χ0n) is 12.9. The number of nitrogens with one attached hydrogen (secondary N) is 1. The van der Waals surface area contributed by atoms with Gasteiger partial charge in [-0.25, -0.2) is 0 Å². The van der Waals surface area contributed by atoms with Gasteiger partial charge >= 0.3 is 0 Å². The van der Waals surface area contributed by atoms with Gasteiger partial charge in [-0.1, -0.05) is 5.16 Å². The number of ether oxygens (including phenoxy) is 1. The number of thioether (sulfide) groups is 1. The molecule has 8 heteroatoms. The van der Waals surface area contributed by atoms with E-state index in [0.717, 1.165) is 31.0 Å². The van der Waals surface area contributed by atoms with Crippen LogP contribution in [0.1, 0.15) is 47.0 Å². The SMILES string of the molecule is CSCc1ccc(C(=O)NCCc2noc([C@H]3CCCO3)n2)o1. The van der Waals surface area contributed by atoms with Crippen LogP contribution in [0.4, 0.5) is 0 Å². The van der Waals surface area contributed by atoms with Crippen molar-refractivity contribution >= 4 is 17.7 Å². The summed E-state index contributed by atoms with van der Waals surface area (Å²) >= 11 is 1.64. The smallest absolute Gasteiger partial charge is 0.287 e. The third-order valence-corrected chi connectivity index (χ3v) is 4.07. The van der Waals surface area contributed by atoms with Crippen molar-refractivity contribution < 1.29 is 18.5 Å². The van der Waals surface area contributed by atoms with Gasteiger partial charge in [0, 0.05) is 19.6 Å². The summed E-state index contributed by atoms with van der Waals surface area (Å²) in [4.78, 5) is 16.3. The molecule has 0 aliphatic carbocycles. The Morgan fingerprint density at radius 2 is 2.39 bits per heavy atom. The Labute approximate surface area is 138 Å². The molecule has 0 bridgehead atoms. The molecule has 2 aromatic rings. The van der Waals surface area contributed by atoms with E-state index in [1.807, 2.05) is 12.3 Å². The lowest BCUT2D eigenvalue weighted by Gasteiger charge is -2.01. The van der Waals surface area contributed by atoms with E-state index in [1.54, 1.807) is 17.8 Å². The fraction of sp³-hybridized carbons (Fsp3) is 0.533. The summed E-state index contributed by atoms with van der Waals surface area (Å²) in [5, 5.41) is 6.70. The van der Waals surface area contributed by atoms with Crippen LogP contribution in [0.5, 0.6) is 0 Å². The van der Waals surface area contributed by atoms with E-state index in [9.17, 15) is 4.79 Å². The molecule has 124 valence electrons. The van der Waals surface area contributed by atoms with Crippen LogP contribution in [0.2, 0.25) is 0 Å². The molecule has 1 N–H and O–H groups in total. The lowest BCUT2D eigenvalue weighted by atomic mass is 10.2. The van der Waals surface area contributed by atoms with Crippen LogP contribution in [-0.4, -0.2) is 35.5 Å². The molecule has 1 aliphatic rings. The van der Waals surface area contributed by atoms with Crippen molar-refractivity contribution in [2.75, 3.05) is 19.4 Å². The Morgan fingerprint density at radius 1 is 1.48 bits per heavy atom. The molecular weight excluding hydrogens is 318 g/mol. The molecular formula is C15H19N3O4S. The summed E-state index contributed by atoms with van der Waals surface area (Å²) in [6.45, 7) is 1.15. The predicted molar refractivity (Wildman–Crippen MR) is 84.2 cm³/mol. The van der Waals surface area contributed by atoms with Gasteiger partial charge < -0.3 is 19.0 Å². The number of amides is 1. The van der Waals surface area contributed by atoms with E-state index in [-0.39, 0.29) is 12.0 Å². The first-order valence-electron chi connectivity index (χ1n) is 7.56. The average Bonchev–Trinajstić information content (AvgIpc) is 3.28. The number of hydrogen-bond donors (Lipinski definition) is 1. The first kappa shape index (κ1) is 16.1. The van der Waals surface area contributed by atoms with Crippen LogP contribution in [-0.2, 0) is 16.9 Å². The largest absolute Gasteiger partial charge is 0.455 e. The standard InChI is InChI=1S/C15H19N3O4S/c1-23-9-10-4-5-11(21-10)14(19)16-7-6-13-17-15(22-18-13)12-3-2-8-20-12/h4-5,12H,2-3,6-9H2,1H3,(H,16,19)/t12-/m1/s1. The number of nitrogens with zero attached hydrogens (tertiary/aromatic N) is 2. The van der Waals surface area contributed by atoms with Crippen molar-refractivity contribution in [3.63, 3.8) is 0 Å². The van der Waals surface area contributed by atoms with Gasteiger partial charge in [-0.2, -0.15) is 16.7 Å². The molecule has 1 aliphatic heterocycles. The third-order valence-electron chi connectivity index (χ3n) is 3.50. The highest BCUT2D eigenvalue weighted by Gasteiger charge is 2.23. The van der Waals surface area contributed by atoms with Gasteiger partial charge in [-0.3, -0.25) is 4.79 Å². The van der Waals surface area contributed by atoms with Crippen molar-refractivity contribution in [2.45, 2.75) is 31.1 Å². The second-order valence-corrected chi connectivity index (χ2v) is 6.12. The Morgan fingerprint density at radius 3 is 3.17 bits per heavy atom. The van der Waals surface area contributed by atoms with Crippen LogP contribution in [0.25, 0.3) is 0 Å². The molecule has 1 atom stereocenters. The lowest BCUT2D eigenvalue weighted by molar-refractivity contribution is 0.0835. The van der Waals surface area contributed by atoms with E-state index in [2.05, 4.69) is 15.5 Å². The molecule has 0 saturated carbocycles. The molecule has 1 fully saturated rings. The zero-order valence-corrected chi connectivity index (χ0v) is 13.7. The third kappa shape index (κ3) is 4.14. The fourth-order valence-electron chi connectivity index (χ4n) is 2.37. The lowest BCUT2D eigenvalue weighted by Crippen LogP contribution is -2.25. The summed E-state index contributed by atoms with van der Waals surface area (Å²) in [7, 11) is 0. The summed E-state index contributed by atoms with van der Waals surface area (Å²) in [5.74, 6) is 2.72. The number of aromatic nitrogens is 2. The molecule has 0 spiro atoms. The van der Waals surface area contributed by atoms with Gasteiger partial charge in [0.25, 0.3) is 11.8 Å². The molecule has 0 aromatic carbocycles. The Bertz CT molecular complexity index is 649. The summed E-state index contributed by atoms with van der Waals surface area (Å²) in [6.07, 6.45) is 4.33. The monoisotopic (exact) mass is 337 g/mol. The summed E-state index contributed by atoms with van der Waals surface area (Å²) < 4.78 is 16.2. The number of carbonyl (C=O) groups is 1. The second kappa shape index (κ2) is 7.65. The van der Waals surface area contributed by atoms with Crippen LogP contribution in [0.3, 0.4) is 0 Å². The van der Waals surface area contributed by atoms with Crippen LogP contribution >= 0.6 is 11.8 Å². The zero-order chi connectivity index (χ0) is 16.1. The molecule has 0 radical (unpaired) electrons. The predicted octanol–water partition coefficient (Wildman–Crippen LogP) is 2.35. The topological polar surface area (TPSA) is 90.4 Å². The van der Waals surface area contributed by atoms with Gasteiger partial charge in [0.15, 0.2) is 11.6 Å². The molecule has 2 aromatic heterocycles. The number of rotatable bonds is 7. The highest BCUT2D eigenvalue weighted by molar-refractivity contribution is 7.97. The maximum Gasteiger partial charge on any atom is 0.287 e. The highest BCUT2D eigenvalue weighted by atomic mass is 32.2. The fourth-order valence-corrected chi connectivity index (χ4v) is 2.81. The Balaban J connectivity index is 1.46.